The van der Waals surface area contributed by atoms with E-state index in [-0.39, 0.29) is 0 Å². The molecule has 4 aliphatic carbocycles. The largest absolute Gasteiger partial charge is 0.378 e. The lowest BCUT2D eigenvalue weighted by atomic mass is 9.47. The van der Waals surface area contributed by atoms with Gasteiger partial charge in [-0.1, -0.05) is 26.3 Å². The number of rotatable bonds is 3. The highest BCUT2D eigenvalue weighted by Gasteiger charge is 2.59. The predicted molar refractivity (Wildman–Crippen MR) is 96.7 cm³/mol. The van der Waals surface area contributed by atoms with Gasteiger partial charge in [-0.25, -0.2) is 0 Å². The zero-order valence-electron chi connectivity index (χ0n) is 15.8. The summed E-state index contributed by atoms with van der Waals surface area (Å²) in [5.41, 5.74) is 2.19. The van der Waals surface area contributed by atoms with Crippen LogP contribution in [0.2, 0.25) is 0 Å². The van der Waals surface area contributed by atoms with Crippen LogP contribution in [0.25, 0.3) is 0 Å². The Morgan fingerprint density at radius 2 is 1.92 bits per heavy atom. The summed E-state index contributed by atoms with van der Waals surface area (Å²) in [5, 5.41) is 0. The molecule has 4 rings (SSSR count). The van der Waals surface area contributed by atoms with Gasteiger partial charge in [-0.05, 0) is 86.0 Å². The Labute approximate surface area is 147 Å². The molecular weight excluding hydrogens is 296 g/mol. The molecule has 6 atom stereocenters. The third-order valence-electron chi connectivity index (χ3n) is 8.40. The molecule has 0 bridgehead atoms. The Morgan fingerprint density at radius 3 is 2.71 bits per heavy atom. The Morgan fingerprint density at radius 1 is 1.08 bits per heavy atom. The van der Waals surface area contributed by atoms with Gasteiger partial charge in [0.2, 0.25) is 0 Å². The SMILES string of the molecule is CCCO[C@H]1CC[C@@H]2[C@H]3CCC4=CC(=O)CC[C@]4(C)[C@@H]3CC[C@]12C. The third kappa shape index (κ3) is 2.35. The van der Waals surface area contributed by atoms with E-state index in [0.717, 1.165) is 50.0 Å². The number of ether oxygens (including phenoxy) is 1. The van der Waals surface area contributed by atoms with Gasteiger partial charge in [0.05, 0.1) is 6.10 Å². The van der Waals surface area contributed by atoms with Crippen molar-refractivity contribution in [3.63, 3.8) is 0 Å². The molecule has 0 N–H and O–H groups in total. The van der Waals surface area contributed by atoms with E-state index in [1.807, 2.05) is 6.08 Å². The van der Waals surface area contributed by atoms with E-state index in [1.54, 1.807) is 0 Å². The monoisotopic (exact) mass is 330 g/mol. The fraction of sp³-hybridized carbons (Fsp3) is 0.864. The normalized spacial score (nSPS) is 47.6. The first-order valence-electron chi connectivity index (χ1n) is 10.3. The summed E-state index contributed by atoms with van der Waals surface area (Å²) < 4.78 is 6.29. The van der Waals surface area contributed by atoms with Crippen molar-refractivity contribution in [3.05, 3.63) is 11.6 Å². The van der Waals surface area contributed by atoms with Crippen molar-refractivity contribution >= 4 is 5.78 Å². The molecule has 0 spiro atoms. The van der Waals surface area contributed by atoms with Gasteiger partial charge in [0.15, 0.2) is 5.78 Å². The van der Waals surface area contributed by atoms with Crippen molar-refractivity contribution in [2.24, 2.45) is 28.6 Å². The number of hydrogen-bond donors (Lipinski definition) is 0. The molecule has 0 aromatic rings. The van der Waals surface area contributed by atoms with Crippen LogP contribution in [-0.2, 0) is 9.53 Å². The van der Waals surface area contributed by atoms with Gasteiger partial charge < -0.3 is 4.74 Å². The molecule has 134 valence electrons. The summed E-state index contributed by atoms with van der Waals surface area (Å²) in [7, 11) is 0. The van der Waals surface area contributed by atoms with Crippen LogP contribution in [0.15, 0.2) is 11.6 Å². The Kier molecular flexibility index (Phi) is 4.18. The van der Waals surface area contributed by atoms with Crippen molar-refractivity contribution in [3.8, 4) is 0 Å². The topological polar surface area (TPSA) is 26.3 Å². The molecule has 0 radical (unpaired) electrons. The Balaban J connectivity index is 1.59. The maximum absolute atomic E-state index is 11.9. The van der Waals surface area contributed by atoms with Crippen LogP contribution in [-0.4, -0.2) is 18.5 Å². The zero-order valence-corrected chi connectivity index (χ0v) is 15.8. The predicted octanol–water partition coefficient (Wildman–Crippen LogP) is 5.31. The van der Waals surface area contributed by atoms with Crippen molar-refractivity contribution in [2.45, 2.75) is 84.7 Å². The van der Waals surface area contributed by atoms with E-state index in [1.165, 1.54) is 37.7 Å². The van der Waals surface area contributed by atoms with E-state index < -0.39 is 0 Å². The maximum Gasteiger partial charge on any atom is 0.155 e. The summed E-state index contributed by atoms with van der Waals surface area (Å²) in [6, 6.07) is 0. The average molecular weight is 331 g/mol. The highest BCUT2D eigenvalue weighted by atomic mass is 16.5. The molecule has 0 heterocycles. The molecule has 4 aliphatic rings. The Bertz CT molecular complexity index is 550. The van der Waals surface area contributed by atoms with Gasteiger partial charge in [-0.3, -0.25) is 4.79 Å². The van der Waals surface area contributed by atoms with Gasteiger partial charge in [0, 0.05) is 13.0 Å². The van der Waals surface area contributed by atoms with Crippen LogP contribution in [0, 0.1) is 28.6 Å². The van der Waals surface area contributed by atoms with Gasteiger partial charge in [0.25, 0.3) is 0 Å². The lowest BCUT2D eigenvalue weighted by Gasteiger charge is -2.58. The number of allylic oxidation sites excluding steroid dienone is 1. The number of carbonyl (C=O) groups excluding carboxylic acids is 1. The smallest absolute Gasteiger partial charge is 0.155 e. The summed E-state index contributed by atoms with van der Waals surface area (Å²) in [5.74, 6) is 2.87. The van der Waals surface area contributed by atoms with Crippen molar-refractivity contribution in [1.82, 2.24) is 0 Å². The summed E-state index contributed by atoms with van der Waals surface area (Å²) in [6.07, 6.45) is 13.3. The molecule has 3 fully saturated rings. The van der Waals surface area contributed by atoms with Gasteiger partial charge in [0.1, 0.15) is 0 Å². The molecule has 0 saturated heterocycles. The molecule has 0 aromatic heterocycles. The maximum atomic E-state index is 11.9. The van der Waals surface area contributed by atoms with Crippen LogP contribution >= 0.6 is 0 Å². The first-order chi connectivity index (χ1) is 11.5. The first kappa shape index (κ1) is 16.8. The standard InChI is InChI=1S/C22H34O2/c1-4-13-24-20-8-7-18-17-6-5-15-14-16(23)9-11-21(15,2)19(17)10-12-22(18,20)3/h14,17-20H,4-13H2,1-3H3/t17-,18-,19-,20+,21+,22+/m1/s1. The minimum Gasteiger partial charge on any atom is -0.378 e. The second kappa shape index (κ2) is 5.97. The van der Waals surface area contributed by atoms with Gasteiger partial charge >= 0.3 is 0 Å². The quantitative estimate of drug-likeness (QED) is 0.700. The third-order valence-corrected chi connectivity index (χ3v) is 8.40. The van der Waals surface area contributed by atoms with Crippen LogP contribution in [0.4, 0.5) is 0 Å². The molecule has 0 aromatic carbocycles. The molecule has 0 amide bonds. The molecular formula is C22H34O2. The minimum absolute atomic E-state index is 0.306. The Hall–Kier alpha value is -0.630. The molecule has 2 nitrogen and oxygen atoms in total. The van der Waals surface area contributed by atoms with Crippen molar-refractivity contribution in [1.29, 1.82) is 0 Å². The fourth-order valence-electron chi connectivity index (χ4n) is 7.05. The van der Waals surface area contributed by atoms with E-state index in [2.05, 4.69) is 20.8 Å². The molecule has 2 heteroatoms. The number of hydrogen-bond acceptors (Lipinski definition) is 2. The number of fused-ring (bicyclic) bond motifs is 5. The second-order valence-corrected chi connectivity index (χ2v) is 9.45. The number of carbonyl (C=O) groups is 1. The molecule has 24 heavy (non-hydrogen) atoms. The molecule has 0 aliphatic heterocycles. The van der Waals surface area contributed by atoms with Crippen LogP contribution < -0.4 is 0 Å². The van der Waals surface area contributed by atoms with E-state index >= 15 is 0 Å². The zero-order chi connectivity index (χ0) is 16.9. The number of ketones is 1. The minimum atomic E-state index is 0.306. The van der Waals surface area contributed by atoms with Crippen molar-refractivity contribution in [2.75, 3.05) is 6.61 Å². The highest BCUT2D eigenvalue weighted by molar-refractivity contribution is 5.91. The highest BCUT2D eigenvalue weighted by Crippen LogP contribution is 2.65. The van der Waals surface area contributed by atoms with Crippen LogP contribution in [0.1, 0.15) is 78.6 Å². The van der Waals surface area contributed by atoms with Crippen molar-refractivity contribution < 1.29 is 9.53 Å². The fourth-order valence-corrected chi connectivity index (χ4v) is 7.05. The summed E-state index contributed by atoms with van der Waals surface area (Å²) in [6.45, 7) is 8.14. The van der Waals surface area contributed by atoms with Crippen LogP contribution in [0.3, 0.4) is 0 Å². The van der Waals surface area contributed by atoms with Crippen LogP contribution in [0.5, 0.6) is 0 Å². The van der Waals surface area contributed by atoms with E-state index in [9.17, 15) is 4.79 Å². The van der Waals surface area contributed by atoms with E-state index in [4.69, 9.17) is 4.74 Å². The lowest BCUT2D eigenvalue weighted by molar-refractivity contribution is -0.118. The summed E-state index contributed by atoms with van der Waals surface area (Å²) >= 11 is 0. The van der Waals surface area contributed by atoms with Gasteiger partial charge in [-0.2, -0.15) is 0 Å². The molecule has 0 unspecified atom stereocenters. The van der Waals surface area contributed by atoms with E-state index in [0.29, 0.717) is 22.7 Å². The molecule has 3 saturated carbocycles. The van der Waals surface area contributed by atoms with Gasteiger partial charge in [-0.15, -0.1) is 0 Å². The first-order valence-corrected chi connectivity index (χ1v) is 10.3. The average Bonchev–Trinajstić information content (AvgIpc) is 2.90. The summed E-state index contributed by atoms with van der Waals surface area (Å²) in [4.78, 5) is 11.9. The second-order valence-electron chi connectivity index (χ2n) is 9.45. The lowest BCUT2D eigenvalue weighted by Crippen LogP contribution is -2.51.